The number of carboxylic acid groups (broad SMARTS) is 1. The normalized spacial score (nSPS) is 29.3. The zero-order valence-electron chi connectivity index (χ0n) is 19.1. The predicted octanol–water partition coefficient (Wildman–Crippen LogP) is 7.14. The molecule has 2 saturated carbocycles. The smallest absolute Gasteiger partial charge is 0.348 e. The summed E-state index contributed by atoms with van der Waals surface area (Å²) < 4.78 is 0. The van der Waals surface area contributed by atoms with Crippen molar-refractivity contribution in [2.45, 2.75) is 96.9 Å². The first-order valence-electron chi connectivity index (χ1n) is 12.3. The number of allylic oxidation sites excluding steroid dienone is 2. The van der Waals surface area contributed by atoms with Gasteiger partial charge in [0.2, 0.25) is 5.91 Å². The maximum Gasteiger partial charge on any atom is 0.348 e. The molecule has 0 aliphatic heterocycles. The first-order chi connectivity index (χ1) is 14.9. The van der Waals surface area contributed by atoms with Crippen molar-refractivity contribution in [2.75, 3.05) is 4.90 Å². The van der Waals surface area contributed by atoms with E-state index in [9.17, 15) is 14.7 Å². The first-order valence-corrected chi connectivity index (χ1v) is 13.1. The SMILES string of the molecule is C[C@H]1CC[C@H](C(=O)N(c2cc(C3=CCCCC3)sc2C(=O)O)[C@H]2CC[C@@H](C)CC2)CC1. The van der Waals surface area contributed by atoms with Crippen LogP contribution in [0.15, 0.2) is 12.1 Å². The molecule has 3 aliphatic carbocycles. The quantitative estimate of drug-likeness (QED) is 0.526. The van der Waals surface area contributed by atoms with Crippen LogP contribution in [0.1, 0.15) is 105 Å². The van der Waals surface area contributed by atoms with Crippen LogP contribution in [0.4, 0.5) is 5.69 Å². The molecule has 4 nitrogen and oxygen atoms in total. The average molecular weight is 444 g/mol. The summed E-state index contributed by atoms with van der Waals surface area (Å²) in [6.07, 6.45) is 14.9. The molecule has 0 bridgehead atoms. The van der Waals surface area contributed by atoms with Gasteiger partial charge in [-0.15, -0.1) is 11.3 Å². The van der Waals surface area contributed by atoms with Crippen LogP contribution in [0.3, 0.4) is 0 Å². The summed E-state index contributed by atoms with van der Waals surface area (Å²) in [5.74, 6) is 0.689. The number of anilines is 1. The van der Waals surface area contributed by atoms with Crippen molar-refractivity contribution < 1.29 is 14.7 Å². The summed E-state index contributed by atoms with van der Waals surface area (Å²) in [5.41, 5.74) is 1.93. The Hall–Kier alpha value is -1.62. The molecule has 1 aromatic heterocycles. The summed E-state index contributed by atoms with van der Waals surface area (Å²) in [6, 6.07) is 2.16. The van der Waals surface area contributed by atoms with Crippen LogP contribution in [-0.2, 0) is 4.79 Å². The number of carbonyl (C=O) groups is 2. The molecule has 1 N–H and O–H groups in total. The third kappa shape index (κ3) is 5.08. The van der Waals surface area contributed by atoms with Gasteiger partial charge in [-0.1, -0.05) is 19.9 Å². The summed E-state index contributed by atoms with van der Waals surface area (Å²) in [5, 5.41) is 10.0. The van der Waals surface area contributed by atoms with Gasteiger partial charge in [-0.3, -0.25) is 4.79 Å². The molecule has 1 heterocycles. The van der Waals surface area contributed by atoms with Gasteiger partial charge in [0.15, 0.2) is 0 Å². The molecule has 4 rings (SSSR count). The van der Waals surface area contributed by atoms with Crippen LogP contribution in [0.5, 0.6) is 0 Å². The second-order valence-electron chi connectivity index (χ2n) is 10.2. The zero-order chi connectivity index (χ0) is 22.0. The van der Waals surface area contributed by atoms with E-state index >= 15 is 0 Å². The van der Waals surface area contributed by atoms with Crippen molar-refractivity contribution in [1.82, 2.24) is 0 Å². The lowest BCUT2D eigenvalue weighted by Gasteiger charge is -2.39. The molecule has 2 fully saturated rings. The Bertz CT molecular complexity index is 826. The number of rotatable bonds is 5. The summed E-state index contributed by atoms with van der Waals surface area (Å²) >= 11 is 1.37. The number of amides is 1. The number of aromatic carboxylic acids is 1. The summed E-state index contributed by atoms with van der Waals surface area (Å²) in [6.45, 7) is 4.55. The van der Waals surface area contributed by atoms with E-state index in [4.69, 9.17) is 0 Å². The van der Waals surface area contributed by atoms with E-state index in [0.29, 0.717) is 22.4 Å². The van der Waals surface area contributed by atoms with Crippen LogP contribution in [-0.4, -0.2) is 23.0 Å². The molecule has 1 aromatic rings. The molecule has 0 radical (unpaired) electrons. The van der Waals surface area contributed by atoms with Crippen molar-refractivity contribution in [3.05, 3.63) is 21.9 Å². The number of carboxylic acids is 1. The Morgan fingerprint density at radius 3 is 2.19 bits per heavy atom. The molecule has 0 atom stereocenters. The van der Waals surface area contributed by atoms with Crippen molar-refractivity contribution in [3.63, 3.8) is 0 Å². The van der Waals surface area contributed by atoms with Gasteiger partial charge in [0, 0.05) is 16.8 Å². The fraction of sp³-hybridized carbons (Fsp3) is 0.692. The summed E-state index contributed by atoms with van der Waals surface area (Å²) in [7, 11) is 0. The molecule has 0 unspecified atom stereocenters. The Morgan fingerprint density at radius 2 is 1.61 bits per heavy atom. The molecular formula is C26H37NO3S. The topological polar surface area (TPSA) is 57.6 Å². The van der Waals surface area contributed by atoms with Crippen molar-refractivity contribution in [3.8, 4) is 0 Å². The van der Waals surface area contributed by atoms with Crippen LogP contribution in [0, 0.1) is 17.8 Å². The van der Waals surface area contributed by atoms with Gasteiger partial charge in [-0.2, -0.15) is 0 Å². The number of carbonyl (C=O) groups excluding carboxylic acids is 1. The standard InChI is InChI=1S/C26H37NO3S/c1-17-8-12-20(13-9-17)25(28)27(21-14-10-18(2)11-15-21)22-16-23(31-24(22)26(29)30)19-6-4-3-5-7-19/h6,16-18,20-21H,3-5,7-15H2,1-2H3,(H,29,30)/t17-,18-,20-,21+. The van der Waals surface area contributed by atoms with Gasteiger partial charge in [-0.05, 0) is 101 Å². The van der Waals surface area contributed by atoms with Crippen molar-refractivity contribution >= 4 is 34.5 Å². The molecule has 31 heavy (non-hydrogen) atoms. The molecule has 3 aliphatic rings. The van der Waals surface area contributed by atoms with Gasteiger partial charge < -0.3 is 10.0 Å². The predicted molar refractivity (Wildman–Crippen MR) is 128 cm³/mol. The van der Waals surface area contributed by atoms with Gasteiger partial charge in [0.1, 0.15) is 4.88 Å². The maximum atomic E-state index is 13.9. The number of nitrogens with zero attached hydrogens (tertiary/aromatic N) is 1. The Balaban J connectivity index is 1.70. The number of thiophene rings is 1. The van der Waals surface area contributed by atoms with Crippen molar-refractivity contribution in [1.29, 1.82) is 0 Å². The molecule has 170 valence electrons. The fourth-order valence-corrected chi connectivity index (χ4v) is 6.69. The van der Waals surface area contributed by atoms with E-state index in [1.54, 1.807) is 0 Å². The van der Waals surface area contributed by atoms with Gasteiger partial charge in [-0.25, -0.2) is 4.79 Å². The van der Waals surface area contributed by atoms with Gasteiger partial charge >= 0.3 is 5.97 Å². The van der Waals surface area contributed by atoms with E-state index in [-0.39, 0.29) is 17.9 Å². The van der Waals surface area contributed by atoms with Gasteiger partial charge in [0.25, 0.3) is 0 Å². The molecule has 0 saturated heterocycles. The zero-order valence-corrected chi connectivity index (χ0v) is 19.9. The van der Waals surface area contributed by atoms with E-state index in [1.807, 2.05) is 11.0 Å². The molecular weight excluding hydrogens is 406 g/mol. The van der Waals surface area contributed by atoms with E-state index in [0.717, 1.165) is 75.5 Å². The highest BCUT2D eigenvalue weighted by Crippen LogP contribution is 2.42. The molecule has 0 aromatic carbocycles. The second kappa shape index (κ2) is 9.89. The monoisotopic (exact) mass is 443 g/mol. The number of hydrogen-bond donors (Lipinski definition) is 1. The van der Waals surface area contributed by atoms with Gasteiger partial charge in [0.05, 0.1) is 5.69 Å². The number of hydrogen-bond acceptors (Lipinski definition) is 3. The van der Waals surface area contributed by atoms with Crippen LogP contribution >= 0.6 is 11.3 Å². The highest BCUT2D eigenvalue weighted by Gasteiger charge is 2.37. The van der Waals surface area contributed by atoms with Crippen molar-refractivity contribution in [2.24, 2.45) is 17.8 Å². The third-order valence-electron chi connectivity index (χ3n) is 7.73. The summed E-state index contributed by atoms with van der Waals surface area (Å²) in [4.78, 5) is 29.5. The largest absolute Gasteiger partial charge is 0.477 e. The lowest BCUT2D eigenvalue weighted by Crippen LogP contribution is -2.46. The fourth-order valence-electron chi connectivity index (χ4n) is 5.63. The van der Waals surface area contributed by atoms with E-state index in [2.05, 4.69) is 19.9 Å². The lowest BCUT2D eigenvalue weighted by atomic mass is 9.81. The highest BCUT2D eigenvalue weighted by atomic mass is 32.1. The Labute approximate surface area is 190 Å². The average Bonchev–Trinajstić information content (AvgIpc) is 3.22. The lowest BCUT2D eigenvalue weighted by molar-refractivity contribution is -0.124. The first kappa shape index (κ1) is 22.6. The molecule has 0 spiro atoms. The third-order valence-corrected chi connectivity index (χ3v) is 8.91. The van der Waals surface area contributed by atoms with E-state index in [1.165, 1.54) is 23.3 Å². The van der Waals surface area contributed by atoms with E-state index < -0.39 is 5.97 Å². The van der Waals surface area contributed by atoms with Crippen LogP contribution < -0.4 is 4.90 Å². The minimum absolute atomic E-state index is 0.0365. The minimum Gasteiger partial charge on any atom is -0.477 e. The Kier molecular flexibility index (Phi) is 7.20. The molecule has 1 amide bonds. The second-order valence-corrected chi connectivity index (χ2v) is 11.2. The van der Waals surface area contributed by atoms with Crippen LogP contribution in [0.25, 0.3) is 5.57 Å². The highest BCUT2D eigenvalue weighted by molar-refractivity contribution is 7.15. The Morgan fingerprint density at radius 1 is 0.968 bits per heavy atom. The molecule has 5 heteroatoms. The van der Waals surface area contributed by atoms with Crippen LogP contribution in [0.2, 0.25) is 0 Å². The maximum absolute atomic E-state index is 13.9. The minimum atomic E-state index is -0.901.